The van der Waals surface area contributed by atoms with Crippen LogP contribution in [0.25, 0.3) is 16.7 Å². The van der Waals surface area contributed by atoms with Gasteiger partial charge in [-0.1, -0.05) is 18.2 Å². The van der Waals surface area contributed by atoms with Gasteiger partial charge in [0.05, 0.1) is 24.0 Å². The van der Waals surface area contributed by atoms with Gasteiger partial charge in [-0.15, -0.1) is 5.10 Å². The highest BCUT2D eigenvalue weighted by Crippen LogP contribution is 2.30. The summed E-state index contributed by atoms with van der Waals surface area (Å²) in [6, 6.07) is 9.52. The van der Waals surface area contributed by atoms with Gasteiger partial charge in [-0.3, -0.25) is 9.48 Å². The highest BCUT2D eigenvalue weighted by molar-refractivity contribution is 5.79. The zero-order valence-electron chi connectivity index (χ0n) is 17.0. The smallest absolute Gasteiger partial charge is 0.343 e. The summed E-state index contributed by atoms with van der Waals surface area (Å²) in [5, 5.41) is 9.01. The van der Waals surface area contributed by atoms with E-state index in [2.05, 4.69) is 20.2 Å². The number of rotatable bonds is 4. The summed E-state index contributed by atoms with van der Waals surface area (Å²) in [6.07, 6.45) is 0.225. The number of fused-ring (bicyclic) bond motifs is 2. The van der Waals surface area contributed by atoms with Crippen molar-refractivity contribution in [3.05, 3.63) is 54.2 Å². The van der Waals surface area contributed by atoms with Crippen LogP contribution in [-0.4, -0.2) is 53.3 Å². The van der Waals surface area contributed by atoms with E-state index in [0.717, 1.165) is 10.9 Å². The van der Waals surface area contributed by atoms with Crippen LogP contribution in [0.1, 0.15) is 36.7 Å². The first-order chi connectivity index (χ1) is 15.4. The van der Waals surface area contributed by atoms with E-state index >= 15 is 0 Å². The minimum atomic E-state index is -4.62. The Balaban J connectivity index is 1.23. The Hall–Kier alpha value is -3.50. The van der Waals surface area contributed by atoms with Crippen LogP contribution >= 0.6 is 0 Å². The van der Waals surface area contributed by atoms with Crippen molar-refractivity contribution in [1.29, 1.82) is 0 Å². The fourth-order valence-corrected chi connectivity index (χ4v) is 4.23. The molecular formula is C21H20F3N7O. The van der Waals surface area contributed by atoms with E-state index in [-0.39, 0.29) is 17.6 Å². The van der Waals surface area contributed by atoms with E-state index in [0.29, 0.717) is 44.6 Å². The number of piperidine rings is 1. The van der Waals surface area contributed by atoms with Crippen molar-refractivity contribution in [2.45, 2.75) is 37.9 Å². The molecular weight excluding hydrogens is 423 g/mol. The van der Waals surface area contributed by atoms with Crippen molar-refractivity contribution in [3.8, 4) is 0 Å². The molecule has 0 bridgehead atoms. The SMILES string of the molecule is O=C(CCn1ncc2ccccc21)N1CCC(c2ccnc3nc(C(F)(F)F)nn23)CC1. The second kappa shape index (κ2) is 7.88. The molecule has 8 nitrogen and oxygen atoms in total. The molecule has 166 valence electrons. The maximum atomic E-state index is 13.0. The first kappa shape index (κ1) is 20.4. The van der Waals surface area contributed by atoms with Gasteiger partial charge >= 0.3 is 6.18 Å². The summed E-state index contributed by atoms with van der Waals surface area (Å²) in [5.74, 6) is -1.25. The van der Waals surface area contributed by atoms with Gasteiger partial charge in [0.15, 0.2) is 0 Å². The van der Waals surface area contributed by atoms with Gasteiger partial charge < -0.3 is 4.90 Å². The molecule has 4 heterocycles. The molecule has 5 rings (SSSR count). The minimum absolute atomic E-state index is 0.0256. The number of benzene rings is 1. The number of para-hydroxylation sites is 1. The highest BCUT2D eigenvalue weighted by atomic mass is 19.4. The fraction of sp³-hybridized carbons (Fsp3) is 0.381. The number of hydrogen-bond donors (Lipinski definition) is 0. The van der Waals surface area contributed by atoms with E-state index in [1.807, 2.05) is 33.8 Å². The van der Waals surface area contributed by atoms with Crippen LogP contribution < -0.4 is 0 Å². The summed E-state index contributed by atoms with van der Waals surface area (Å²) in [7, 11) is 0. The normalized spacial score (nSPS) is 15.7. The van der Waals surface area contributed by atoms with E-state index in [1.165, 1.54) is 10.7 Å². The Labute approximate surface area is 180 Å². The zero-order valence-corrected chi connectivity index (χ0v) is 17.0. The third-order valence-electron chi connectivity index (χ3n) is 5.88. The molecule has 1 amide bonds. The van der Waals surface area contributed by atoms with Gasteiger partial charge in [0.1, 0.15) is 0 Å². The Morgan fingerprint density at radius 1 is 1.12 bits per heavy atom. The standard InChI is InChI=1S/C21H20F3N7O/c22-21(23,24)19-27-20-25-9-5-17(31(20)28-19)14-6-10-29(11-7-14)18(32)8-12-30-16-4-2-1-3-15(16)13-26-30/h1-5,9,13-14H,6-8,10-12H2. The summed E-state index contributed by atoms with van der Waals surface area (Å²) in [5.41, 5.74) is 1.62. The monoisotopic (exact) mass is 443 g/mol. The molecule has 1 fully saturated rings. The average molecular weight is 443 g/mol. The van der Waals surface area contributed by atoms with Crippen molar-refractivity contribution >= 4 is 22.6 Å². The molecule has 0 unspecified atom stereocenters. The van der Waals surface area contributed by atoms with Gasteiger partial charge in [-0.2, -0.15) is 23.3 Å². The zero-order chi connectivity index (χ0) is 22.3. The predicted molar refractivity (Wildman–Crippen MR) is 109 cm³/mol. The highest BCUT2D eigenvalue weighted by Gasteiger charge is 2.37. The molecule has 3 aromatic heterocycles. The summed E-state index contributed by atoms with van der Waals surface area (Å²) in [6.45, 7) is 1.57. The van der Waals surface area contributed by atoms with Crippen molar-refractivity contribution < 1.29 is 18.0 Å². The maximum Gasteiger partial charge on any atom is 0.453 e. The van der Waals surface area contributed by atoms with E-state index in [9.17, 15) is 18.0 Å². The molecule has 0 aliphatic carbocycles. The molecule has 1 aliphatic rings. The van der Waals surface area contributed by atoms with Crippen molar-refractivity contribution in [1.82, 2.24) is 34.3 Å². The van der Waals surface area contributed by atoms with Gasteiger partial charge in [-0.25, -0.2) is 9.50 Å². The van der Waals surface area contributed by atoms with Crippen molar-refractivity contribution in [2.75, 3.05) is 13.1 Å². The Morgan fingerprint density at radius 3 is 2.69 bits per heavy atom. The van der Waals surface area contributed by atoms with Crippen LogP contribution in [0.2, 0.25) is 0 Å². The molecule has 0 radical (unpaired) electrons. The minimum Gasteiger partial charge on any atom is -0.343 e. The number of carbonyl (C=O) groups is 1. The number of likely N-dealkylation sites (tertiary alicyclic amines) is 1. The molecule has 0 saturated carbocycles. The second-order valence-electron chi connectivity index (χ2n) is 7.85. The van der Waals surface area contributed by atoms with Crippen LogP contribution in [0.5, 0.6) is 0 Å². The predicted octanol–water partition coefficient (Wildman–Crippen LogP) is 3.29. The number of alkyl halides is 3. The topological polar surface area (TPSA) is 81.2 Å². The second-order valence-corrected chi connectivity index (χ2v) is 7.85. The largest absolute Gasteiger partial charge is 0.453 e. The molecule has 4 aromatic rings. The van der Waals surface area contributed by atoms with Gasteiger partial charge in [0.2, 0.25) is 5.91 Å². The molecule has 0 N–H and O–H groups in total. The lowest BCUT2D eigenvalue weighted by atomic mass is 9.93. The number of aryl methyl sites for hydroxylation is 1. The third kappa shape index (κ3) is 3.78. The van der Waals surface area contributed by atoms with Crippen LogP contribution in [0.4, 0.5) is 13.2 Å². The average Bonchev–Trinajstić information content (AvgIpc) is 3.42. The molecule has 32 heavy (non-hydrogen) atoms. The van der Waals surface area contributed by atoms with Crippen LogP contribution in [0.3, 0.4) is 0 Å². The summed E-state index contributed by atoms with van der Waals surface area (Å²) in [4.78, 5) is 21.9. The van der Waals surface area contributed by atoms with E-state index < -0.39 is 12.0 Å². The van der Waals surface area contributed by atoms with Crippen molar-refractivity contribution in [3.63, 3.8) is 0 Å². The Morgan fingerprint density at radius 2 is 1.91 bits per heavy atom. The van der Waals surface area contributed by atoms with Crippen molar-refractivity contribution in [2.24, 2.45) is 0 Å². The number of hydrogen-bond acceptors (Lipinski definition) is 5. The molecule has 1 saturated heterocycles. The lowest BCUT2D eigenvalue weighted by molar-refractivity contribution is -0.144. The van der Waals surface area contributed by atoms with Crippen LogP contribution in [0.15, 0.2) is 42.7 Å². The lowest BCUT2D eigenvalue weighted by Gasteiger charge is -2.32. The quantitative estimate of drug-likeness (QED) is 0.484. The first-order valence-corrected chi connectivity index (χ1v) is 10.4. The molecule has 1 aliphatic heterocycles. The van der Waals surface area contributed by atoms with Gasteiger partial charge in [-0.05, 0) is 25.0 Å². The molecule has 0 atom stereocenters. The Kier molecular flexibility index (Phi) is 5.03. The first-order valence-electron chi connectivity index (χ1n) is 10.4. The van der Waals surface area contributed by atoms with Crippen LogP contribution in [-0.2, 0) is 17.5 Å². The molecule has 1 aromatic carbocycles. The summed E-state index contributed by atoms with van der Waals surface area (Å²) >= 11 is 0. The third-order valence-corrected chi connectivity index (χ3v) is 5.88. The lowest BCUT2D eigenvalue weighted by Crippen LogP contribution is -2.38. The number of amides is 1. The maximum absolute atomic E-state index is 13.0. The van der Waals surface area contributed by atoms with E-state index in [4.69, 9.17) is 0 Å². The van der Waals surface area contributed by atoms with Gasteiger partial charge in [0.25, 0.3) is 11.6 Å². The number of aromatic nitrogens is 6. The summed E-state index contributed by atoms with van der Waals surface area (Å²) < 4.78 is 42.0. The molecule has 0 spiro atoms. The Bertz CT molecular complexity index is 1270. The fourth-order valence-electron chi connectivity index (χ4n) is 4.23. The van der Waals surface area contributed by atoms with Crippen LogP contribution in [0, 0.1) is 0 Å². The number of carbonyl (C=O) groups excluding carboxylic acids is 1. The van der Waals surface area contributed by atoms with E-state index in [1.54, 1.807) is 12.3 Å². The molecule has 11 heteroatoms. The van der Waals surface area contributed by atoms with Gasteiger partial charge in [0, 0.05) is 37.0 Å². The number of halogens is 3. The number of nitrogens with zero attached hydrogens (tertiary/aromatic N) is 7.